The molecule has 1 atom stereocenters. The van der Waals surface area contributed by atoms with Gasteiger partial charge in [-0.2, -0.15) is 0 Å². The van der Waals surface area contributed by atoms with Crippen molar-refractivity contribution in [3.05, 3.63) is 88.0 Å². The normalized spacial score (nSPS) is 17.9. The first-order chi connectivity index (χ1) is 17.6. The van der Waals surface area contributed by atoms with Crippen LogP contribution in [0.25, 0.3) is 0 Å². The Balaban J connectivity index is 1.29. The fraction of sp³-hybridized carbons (Fsp3) is 0.393. The number of rotatable bonds is 7. The predicted octanol–water partition coefficient (Wildman–Crippen LogP) is 4.45. The van der Waals surface area contributed by atoms with E-state index in [9.17, 15) is 4.79 Å². The molecule has 1 saturated heterocycles. The molecule has 3 aromatic rings. The van der Waals surface area contributed by atoms with E-state index >= 15 is 0 Å². The van der Waals surface area contributed by atoms with Crippen LogP contribution in [0.5, 0.6) is 5.75 Å². The second kappa shape index (κ2) is 11.4. The van der Waals surface area contributed by atoms with Gasteiger partial charge >= 0.3 is 0 Å². The minimum atomic E-state index is -0.188. The number of hydrogen-bond acceptors (Lipinski definition) is 6. The number of halogens is 1. The Hall–Kier alpha value is -3.00. The van der Waals surface area contributed by atoms with Crippen molar-refractivity contribution in [2.24, 2.45) is 0 Å². The maximum Gasteiger partial charge on any atom is 0.253 e. The molecule has 2 N–H and O–H groups in total. The van der Waals surface area contributed by atoms with E-state index in [-0.39, 0.29) is 11.9 Å². The highest BCUT2D eigenvalue weighted by Crippen LogP contribution is 2.37. The first-order valence-electron chi connectivity index (χ1n) is 12.6. The number of carbonyl (C=O) groups excluding carboxylic acids is 1. The van der Waals surface area contributed by atoms with Crippen molar-refractivity contribution < 1.29 is 9.53 Å². The fourth-order valence-corrected chi connectivity index (χ4v) is 5.50. The molecule has 1 aromatic carbocycles. The van der Waals surface area contributed by atoms with E-state index < -0.39 is 0 Å². The molecule has 2 aromatic heterocycles. The minimum Gasteiger partial charge on any atom is -0.492 e. The maximum absolute atomic E-state index is 12.7. The molecule has 0 spiro atoms. The Morgan fingerprint density at radius 1 is 1.14 bits per heavy atom. The lowest BCUT2D eigenvalue weighted by Crippen LogP contribution is -2.45. The highest BCUT2D eigenvalue weighted by Gasteiger charge is 2.33. The van der Waals surface area contributed by atoms with E-state index in [1.54, 1.807) is 6.20 Å². The highest BCUT2D eigenvalue weighted by atomic mass is 35.5. The van der Waals surface area contributed by atoms with Crippen molar-refractivity contribution in [3.63, 3.8) is 0 Å². The van der Waals surface area contributed by atoms with Gasteiger partial charge in [0, 0.05) is 44.1 Å². The molecule has 4 heterocycles. The Labute approximate surface area is 217 Å². The summed E-state index contributed by atoms with van der Waals surface area (Å²) >= 11 is 6.19. The third-order valence-electron chi connectivity index (χ3n) is 7.10. The Bertz CT molecular complexity index is 1180. The first kappa shape index (κ1) is 24.7. The number of amides is 1. The molecule has 1 amide bonds. The Kier molecular flexibility index (Phi) is 7.80. The van der Waals surface area contributed by atoms with Crippen molar-refractivity contribution in [1.82, 2.24) is 25.5 Å². The average molecular weight is 506 g/mol. The zero-order chi connectivity index (χ0) is 24.9. The lowest BCUT2D eigenvalue weighted by atomic mass is 9.96. The van der Waals surface area contributed by atoms with Gasteiger partial charge in [-0.3, -0.25) is 19.7 Å². The molecule has 1 fully saturated rings. The third-order valence-corrected chi connectivity index (χ3v) is 7.39. The number of piperidine rings is 1. The van der Waals surface area contributed by atoms with Crippen LogP contribution in [-0.4, -0.2) is 46.5 Å². The summed E-state index contributed by atoms with van der Waals surface area (Å²) in [4.78, 5) is 24.0. The predicted molar refractivity (Wildman–Crippen MR) is 140 cm³/mol. The topological polar surface area (TPSA) is 79.4 Å². The highest BCUT2D eigenvalue weighted by molar-refractivity contribution is 6.33. The lowest BCUT2D eigenvalue weighted by Gasteiger charge is -2.41. The van der Waals surface area contributed by atoms with E-state index in [1.807, 2.05) is 25.3 Å². The Morgan fingerprint density at radius 2 is 1.92 bits per heavy atom. The summed E-state index contributed by atoms with van der Waals surface area (Å²) in [6, 6.07) is 13.2. The van der Waals surface area contributed by atoms with Gasteiger partial charge in [0.05, 0.1) is 28.9 Å². The van der Waals surface area contributed by atoms with Crippen molar-refractivity contribution >= 4 is 17.5 Å². The van der Waals surface area contributed by atoms with Gasteiger partial charge < -0.3 is 15.4 Å². The van der Waals surface area contributed by atoms with E-state index in [1.165, 1.54) is 11.8 Å². The zero-order valence-electron chi connectivity index (χ0n) is 20.5. The van der Waals surface area contributed by atoms with Gasteiger partial charge in [-0.15, -0.1) is 0 Å². The van der Waals surface area contributed by atoms with Crippen LogP contribution in [0.15, 0.2) is 55.0 Å². The van der Waals surface area contributed by atoms with Gasteiger partial charge in [0.2, 0.25) is 0 Å². The summed E-state index contributed by atoms with van der Waals surface area (Å²) < 4.78 is 5.90. The van der Waals surface area contributed by atoms with Crippen LogP contribution in [0.3, 0.4) is 0 Å². The number of benzene rings is 1. The lowest BCUT2D eigenvalue weighted by molar-refractivity contribution is 0.0683. The SMILES string of the molecule is Cc1cncc(Cl)c1C(=O)NCc1ccc(CN(C2CCNCC2)C2CCOc3cccnc32)cc1. The summed E-state index contributed by atoms with van der Waals surface area (Å²) in [5.74, 6) is 0.718. The molecule has 36 heavy (non-hydrogen) atoms. The van der Waals surface area contributed by atoms with Crippen LogP contribution in [-0.2, 0) is 13.1 Å². The van der Waals surface area contributed by atoms with E-state index in [0.717, 1.165) is 61.5 Å². The van der Waals surface area contributed by atoms with Crippen LogP contribution in [0.4, 0.5) is 0 Å². The second-order valence-electron chi connectivity index (χ2n) is 9.51. The maximum atomic E-state index is 12.7. The smallest absolute Gasteiger partial charge is 0.253 e. The van der Waals surface area contributed by atoms with E-state index in [2.05, 4.69) is 44.8 Å². The number of nitrogens with one attached hydrogen (secondary N) is 2. The van der Waals surface area contributed by atoms with Gasteiger partial charge in [-0.05, 0) is 61.7 Å². The molecule has 1 unspecified atom stereocenters. The van der Waals surface area contributed by atoms with Gasteiger partial charge in [0.25, 0.3) is 5.91 Å². The summed E-state index contributed by atoms with van der Waals surface area (Å²) in [5.41, 5.74) is 4.58. The Morgan fingerprint density at radius 3 is 2.69 bits per heavy atom. The van der Waals surface area contributed by atoms with Gasteiger partial charge in [0.15, 0.2) is 0 Å². The molecule has 0 aliphatic carbocycles. The summed E-state index contributed by atoms with van der Waals surface area (Å²) in [6.07, 6.45) is 8.20. The van der Waals surface area contributed by atoms with Crippen molar-refractivity contribution in [1.29, 1.82) is 0 Å². The van der Waals surface area contributed by atoms with Crippen LogP contribution in [0.2, 0.25) is 5.02 Å². The van der Waals surface area contributed by atoms with Gasteiger partial charge in [0.1, 0.15) is 5.75 Å². The molecular weight excluding hydrogens is 474 g/mol. The molecule has 5 rings (SSSR count). The fourth-order valence-electron chi connectivity index (χ4n) is 5.21. The number of fused-ring (bicyclic) bond motifs is 1. The van der Waals surface area contributed by atoms with E-state index in [4.69, 9.17) is 21.3 Å². The molecule has 0 bridgehead atoms. The third kappa shape index (κ3) is 5.53. The second-order valence-corrected chi connectivity index (χ2v) is 9.91. The molecule has 188 valence electrons. The van der Waals surface area contributed by atoms with Crippen LogP contribution >= 0.6 is 11.6 Å². The molecule has 0 saturated carbocycles. The molecule has 0 radical (unpaired) electrons. The van der Waals surface area contributed by atoms with Crippen LogP contribution in [0, 0.1) is 6.92 Å². The quantitative estimate of drug-likeness (QED) is 0.494. The number of ether oxygens (including phenoxy) is 1. The number of aromatic nitrogens is 2. The van der Waals surface area contributed by atoms with Crippen molar-refractivity contribution in [2.45, 2.75) is 51.4 Å². The molecule has 7 nitrogen and oxygen atoms in total. The zero-order valence-corrected chi connectivity index (χ0v) is 21.3. The minimum absolute atomic E-state index is 0.188. The number of hydrogen-bond donors (Lipinski definition) is 2. The standard InChI is InChI=1S/C28H32ClN5O2/c1-19-15-31-17-23(29)26(19)28(35)33-16-20-4-6-21(7-5-20)18-34(22-8-12-30-13-9-22)24-10-14-36-25-3-2-11-32-27(24)25/h2-7,11,15,17,22,24,30H,8-10,12-14,16,18H2,1H3,(H,33,35). The van der Waals surface area contributed by atoms with Crippen molar-refractivity contribution in [3.8, 4) is 5.75 Å². The molecular formula is C28H32ClN5O2. The summed E-state index contributed by atoms with van der Waals surface area (Å²) in [5, 5.41) is 6.84. The van der Waals surface area contributed by atoms with Gasteiger partial charge in [-0.1, -0.05) is 35.9 Å². The monoisotopic (exact) mass is 505 g/mol. The average Bonchev–Trinajstić information content (AvgIpc) is 2.91. The molecule has 8 heteroatoms. The summed E-state index contributed by atoms with van der Waals surface area (Å²) in [6.45, 7) is 5.92. The number of pyridine rings is 2. The number of carbonyl (C=O) groups is 1. The van der Waals surface area contributed by atoms with Gasteiger partial charge in [-0.25, -0.2) is 0 Å². The number of nitrogens with zero attached hydrogens (tertiary/aromatic N) is 3. The number of aryl methyl sites for hydroxylation is 1. The summed E-state index contributed by atoms with van der Waals surface area (Å²) in [7, 11) is 0. The van der Waals surface area contributed by atoms with Crippen LogP contribution in [0.1, 0.15) is 58.0 Å². The van der Waals surface area contributed by atoms with Crippen LogP contribution < -0.4 is 15.4 Å². The van der Waals surface area contributed by atoms with E-state index in [0.29, 0.717) is 29.8 Å². The molecule has 2 aliphatic heterocycles. The largest absolute Gasteiger partial charge is 0.492 e. The first-order valence-corrected chi connectivity index (χ1v) is 13.0. The van der Waals surface area contributed by atoms with Crippen molar-refractivity contribution in [2.75, 3.05) is 19.7 Å². The molecule has 2 aliphatic rings.